The lowest BCUT2D eigenvalue weighted by molar-refractivity contribution is -0.00737. The first-order valence-corrected chi connectivity index (χ1v) is 10.6. The number of fused-ring (bicyclic) bond motifs is 3. The number of methoxy groups -OCH3 is 6. The molecule has 3 aliphatic rings. The maximum absolute atomic E-state index is 11.4. The molecule has 0 amide bonds. The monoisotopic (exact) mass is 436 g/mol. The smallest absolute Gasteiger partial charge is 0.166 e. The summed E-state index contributed by atoms with van der Waals surface area (Å²) < 4.78 is 34.7. The highest BCUT2D eigenvalue weighted by Crippen LogP contribution is 2.52. The molecule has 174 valence electrons. The van der Waals surface area contributed by atoms with Gasteiger partial charge in [0.15, 0.2) is 11.5 Å². The minimum absolute atomic E-state index is 0.0163. The zero-order valence-electron chi connectivity index (χ0n) is 19.9. The summed E-state index contributed by atoms with van der Waals surface area (Å²) in [4.78, 5) is 0. The topological polar surface area (TPSA) is 75.6 Å². The van der Waals surface area contributed by atoms with Crippen molar-refractivity contribution in [3.63, 3.8) is 0 Å². The summed E-state index contributed by atoms with van der Waals surface area (Å²) in [7, 11) is 9.82. The molecule has 6 atom stereocenters. The van der Waals surface area contributed by atoms with Gasteiger partial charge in [-0.3, -0.25) is 0 Å². The summed E-state index contributed by atoms with van der Waals surface area (Å²) in [5.74, 6) is 2.26. The fourth-order valence-corrected chi connectivity index (χ4v) is 5.17. The van der Waals surface area contributed by atoms with Crippen LogP contribution in [0.25, 0.3) is 0 Å². The SMILES string of the molecule is COC1=C(OC)C2C(=CC1OC)CC(C)C(C)(O)CC1=CC(OC)C(OC)=C(OC)C12. The average Bonchev–Trinajstić information content (AvgIpc) is 2.76. The number of allylic oxidation sites excluding steroid dienone is 2. The van der Waals surface area contributed by atoms with E-state index in [4.69, 9.17) is 28.4 Å². The number of rotatable bonds is 6. The van der Waals surface area contributed by atoms with Gasteiger partial charge >= 0.3 is 0 Å². The molecule has 0 aromatic carbocycles. The lowest BCUT2D eigenvalue weighted by Crippen LogP contribution is -2.43. The molecule has 0 heterocycles. The Morgan fingerprint density at radius 3 is 1.58 bits per heavy atom. The van der Waals surface area contributed by atoms with Crippen LogP contribution < -0.4 is 0 Å². The summed E-state index contributed by atoms with van der Waals surface area (Å²) in [5, 5.41) is 11.4. The van der Waals surface area contributed by atoms with Gasteiger partial charge in [-0.25, -0.2) is 0 Å². The molecule has 31 heavy (non-hydrogen) atoms. The van der Waals surface area contributed by atoms with Gasteiger partial charge in [-0.15, -0.1) is 0 Å². The largest absolute Gasteiger partial charge is 0.497 e. The predicted octanol–water partition coefficient (Wildman–Crippen LogP) is 3.32. The predicted molar refractivity (Wildman–Crippen MR) is 116 cm³/mol. The lowest BCUT2D eigenvalue weighted by atomic mass is 9.64. The third-order valence-electron chi connectivity index (χ3n) is 6.98. The molecule has 1 fully saturated rings. The Kier molecular flexibility index (Phi) is 7.08. The van der Waals surface area contributed by atoms with Crippen LogP contribution in [0.2, 0.25) is 0 Å². The minimum Gasteiger partial charge on any atom is -0.497 e. The average molecular weight is 437 g/mol. The first-order chi connectivity index (χ1) is 14.8. The van der Waals surface area contributed by atoms with Crippen LogP contribution in [0.15, 0.2) is 46.3 Å². The van der Waals surface area contributed by atoms with Gasteiger partial charge < -0.3 is 33.5 Å². The molecule has 7 nitrogen and oxygen atoms in total. The van der Waals surface area contributed by atoms with Crippen molar-refractivity contribution < 1.29 is 33.5 Å². The highest BCUT2D eigenvalue weighted by Gasteiger charge is 2.49. The first-order valence-electron chi connectivity index (χ1n) is 10.6. The van der Waals surface area contributed by atoms with Gasteiger partial charge in [-0.05, 0) is 37.8 Å². The number of aliphatic hydroxyl groups is 1. The molecule has 0 bridgehead atoms. The van der Waals surface area contributed by atoms with Gasteiger partial charge in [-0.2, -0.15) is 0 Å². The van der Waals surface area contributed by atoms with E-state index in [1.54, 1.807) is 42.7 Å². The van der Waals surface area contributed by atoms with Crippen LogP contribution in [0.5, 0.6) is 0 Å². The number of ether oxygens (including phenoxy) is 6. The van der Waals surface area contributed by atoms with Crippen molar-refractivity contribution in [1.82, 2.24) is 0 Å². The van der Waals surface area contributed by atoms with Crippen LogP contribution in [0.3, 0.4) is 0 Å². The fraction of sp³-hybridized carbons (Fsp3) is 0.667. The van der Waals surface area contributed by atoms with Crippen molar-refractivity contribution in [3.8, 4) is 0 Å². The molecule has 6 unspecified atom stereocenters. The lowest BCUT2D eigenvalue weighted by Gasteiger charge is -2.45. The Morgan fingerprint density at radius 2 is 1.16 bits per heavy atom. The second-order valence-corrected chi connectivity index (χ2v) is 8.66. The van der Waals surface area contributed by atoms with E-state index >= 15 is 0 Å². The first kappa shape index (κ1) is 23.7. The van der Waals surface area contributed by atoms with Gasteiger partial charge in [0.25, 0.3) is 0 Å². The molecular formula is C24H36O7. The Morgan fingerprint density at radius 1 is 0.742 bits per heavy atom. The van der Waals surface area contributed by atoms with E-state index in [0.29, 0.717) is 35.9 Å². The second-order valence-electron chi connectivity index (χ2n) is 8.66. The molecule has 0 aromatic heterocycles. The van der Waals surface area contributed by atoms with E-state index in [9.17, 15) is 5.11 Å². The Balaban J connectivity index is 2.29. The van der Waals surface area contributed by atoms with E-state index < -0.39 is 11.7 Å². The van der Waals surface area contributed by atoms with E-state index in [-0.39, 0.29) is 23.9 Å². The summed E-state index contributed by atoms with van der Waals surface area (Å²) in [6.45, 7) is 3.97. The Labute approximate surface area is 185 Å². The van der Waals surface area contributed by atoms with Crippen molar-refractivity contribution in [1.29, 1.82) is 0 Å². The normalized spacial score (nSPS) is 35.8. The molecule has 7 heteroatoms. The summed E-state index contributed by atoms with van der Waals surface area (Å²) >= 11 is 0. The second kappa shape index (κ2) is 9.27. The van der Waals surface area contributed by atoms with Crippen molar-refractivity contribution in [3.05, 3.63) is 46.3 Å². The van der Waals surface area contributed by atoms with Gasteiger partial charge in [0, 0.05) is 14.2 Å². The fourth-order valence-electron chi connectivity index (χ4n) is 5.17. The summed E-state index contributed by atoms with van der Waals surface area (Å²) in [6.07, 6.45) is 4.55. The third-order valence-corrected chi connectivity index (χ3v) is 6.98. The zero-order valence-corrected chi connectivity index (χ0v) is 19.9. The van der Waals surface area contributed by atoms with E-state index in [1.165, 1.54) is 0 Å². The van der Waals surface area contributed by atoms with Gasteiger partial charge in [0.05, 0.1) is 45.9 Å². The Bertz CT molecular complexity index is 805. The third kappa shape index (κ3) is 3.99. The van der Waals surface area contributed by atoms with Crippen molar-refractivity contribution >= 4 is 0 Å². The molecule has 0 aliphatic heterocycles. The van der Waals surface area contributed by atoms with E-state index in [0.717, 1.165) is 11.1 Å². The van der Waals surface area contributed by atoms with Gasteiger partial charge in [-0.1, -0.05) is 18.1 Å². The molecule has 1 saturated carbocycles. The number of hydrogen-bond acceptors (Lipinski definition) is 7. The minimum atomic E-state index is -0.904. The van der Waals surface area contributed by atoms with Crippen molar-refractivity contribution in [2.45, 2.75) is 44.5 Å². The van der Waals surface area contributed by atoms with Crippen molar-refractivity contribution in [2.75, 3.05) is 42.7 Å². The highest BCUT2D eigenvalue weighted by molar-refractivity contribution is 5.43. The van der Waals surface area contributed by atoms with E-state index in [2.05, 4.69) is 13.0 Å². The highest BCUT2D eigenvalue weighted by atomic mass is 16.5. The molecule has 0 radical (unpaired) electrons. The molecule has 0 saturated heterocycles. The van der Waals surface area contributed by atoms with Gasteiger partial charge in [0.1, 0.15) is 23.7 Å². The molecule has 3 rings (SSSR count). The summed E-state index contributed by atoms with van der Waals surface area (Å²) in [5.41, 5.74) is 1.24. The van der Waals surface area contributed by atoms with Crippen LogP contribution in [0.1, 0.15) is 26.7 Å². The van der Waals surface area contributed by atoms with Crippen LogP contribution >= 0.6 is 0 Å². The zero-order chi connectivity index (χ0) is 22.9. The maximum atomic E-state index is 11.4. The van der Waals surface area contributed by atoms with E-state index in [1.807, 2.05) is 13.0 Å². The number of hydrogen-bond donors (Lipinski definition) is 1. The van der Waals surface area contributed by atoms with Crippen LogP contribution in [-0.2, 0) is 28.4 Å². The van der Waals surface area contributed by atoms with Crippen LogP contribution in [0, 0.1) is 17.8 Å². The summed E-state index contributed by atoms with van der Waals surface area (Å²) in [6, 6.07) is 0. The van der Waals surface area contributed by atoms with Crippen LogP contribution in [-0.4, -0.2) is 65.6 Å². The maximum Gasteiger partial charge on any atom is 0.166 e. The quantitative estimate of drug-likeness (QED) is 0.640. The molecule has 3 aliphatic carbocycles. The molecule has 0 spiro atoms. The molecular weight excluding hydrogens is 400 g/mol. The Hall–Kier alpha value is -1.96. The van der Waals surface area contributed by atoms with Crippen molar-refractivity contribution in [2.24, 2.45) is 17.8 Å². The molecule has 1 N–H and O–H groups in total. The standard InChI is InChI=1S/C24H36O7/c1-13-9-14-10-16(26-3)20(28-5)22(30-7)18(14)19-15(12-24(13,2)25)11-17(27-4)21(29-6)23(19)31-8/h10-11,13,16-19,25H,9,12H2,1-8H3. The van der Waals surface area contributed by atoms with Crippen LogP contribution in [0.4, 0.5) is 0 Å². The molecule has 0 aromatic rings. The van der Waals surface area contributed by atoms with Gasteiger partial charge in [0.2, 0.25) is 0 Å².